The van der Waals surface area contributed by atoms with Crippen LogP contribution in [0.4, 0.5) is 8.78 Å². The zero-order valence-electron chi connectivity index (χ0n) is 11.0. The zero-order valence-corrected chi connectivity index (χ0v) is 11.0. The molecule has 104 valence electrons. The van der Waals surface area contributed by atoms with Gasteiger partial charge in [0.25, 0.3) is 6.43 Å². The first-order valence-corrected chi connectivity index (χ1v) is 7.05. The summed E-state index contributed by atoms with van der Waals surface area (Å²) in [6.45, 7) is 4.05. The Kier molecular flexibility index (Phi) is 3.80. The zero-order chi connectivity index (χ0) is 13.2. The van der Waals surface area contributed by atoms with Crippen molar-refractivity contribution in [2.45, 2.75) is 31.9 Å². The fourth-order valence-electron chi connectivity index (χ4n) is 3.35. The lowest BCUT2D eigenvalue weighted by Gasteiger charge is -2.24. The van der Waals surface area contributed by atoms with Gasteiger partial charge in [0.05, 0.1) is 0 Å². The Hall–Kier alpha value is -1.00. The smallest absolute Gasteiger partial charge is 0.263 e. The molecule has 0 radical (unpaired) electrons. The van der Waals surface area contributed by atoms with Crippen molar-refractivity contribution in [1.29, 1.82) is 0 Å². The van der Waals surface area contributed by atoms with Crippen molar-refractivity contribution in [3.8, 4) is 0 Å². The van der Waals surface area contributed by atoms with E-state index < -0.39 is 6.43 Å². The number of rotatable bonds is 3. The lowest BCUT2D eigenvalue weighted by molar-refractivity contribution is 0.151. The predicted octanol–water partition coefficient (Wildman–Crippen LogP) is 2.81. The molecule has 2 saturated heterocycles. The van der Waals surface area contributed by atoms with E-state index in [-0.39, 0.29) is 5.56 Å². The Bertz CT molecular complexity index is 422. The molecule has 1 aromatic carbocycles. The highest BCUT2D eigenvalue weighted by atomic mass is 19.3. The van der Waals surface area contributed by atoms with Crippen LogP contribution in [0.15, 0.2) is 24.3 Å². The van der Waals surface area contributed by atoms with Crippen molar-refractivity contribution >= 4 is 0 Å². The number of nitrogens with one attached hydrogen (secondary N) is 1. The average Bonchev–Trinajstić information content (AvgIpc) is 2.81. The normalized spacial score (nSPS) is 27.7. The molecule has 2 fully saturated rings. The van der Waals surface area contributed by atoms with Gasteiger partial charge in [0.15, 0.2) is 0 Å². The van der Waals surface area contributed by atoms with Crippen LogP contribution in [0.1, 0.15) is 30.4 Å². The number of alkyl halides is 2. The molecule has 2 aliphatic rings. The quantitative estimate of drug-likeness (QED) is 0.905. The van der Waals surface area contributed by atoms with Crippen LogP contribution in [0.25, 0.3) is 0 Å². The lowest BCUT2D eigenvalue weighted by Crippen LogP contribution is -2.40. The first kappa shape index (κ1) is 13.0. The van der Waals surface area contributed by atoms with Gasteiger partial charge >= 0.3 is 0 Å². The fraction of sp³-hybridized carbons (Fsp3) is 0.600. The van der Waals surface area contributed by atoms with Crippen LogP contribution < -0.4 is 5.32 Å². The molecular formula is C15H20F2N2. The molecule has 1 N–H and O–H groups in total. The van der Waals surface area contributed by atoms with Crippen molar-refractivity contribution in [3.63, 3.8) is 0 Å². The van der Waals surface area contributed by atoms with Crippen LogP contribution in [0.2, 0.25) is 0 Å². The highest BCUT2D eigenvalue weighted by Crippen LogP contribution is 2.27. The number of hydrogen-bond donors (Lipinski definition) is 1. The molecule has 0 aliphatic carbocycles. The van der Waals surface area contributed by atoms with Crippen molar-refractivity contribution in [3.05, 3.63) is 35.4 Å². The van der Waals surface area contributed by atoms with Crippen LogP contribution in [0.5, 0.6) is 0 Å². The SMILES string of the molecule is FC(F)c1cccc(CN2C[C@@H]3CCCN[C@@H]3C2)c1. The molecule has 4 heteroatoms. The molecule has 0 bridgehead atoms. The van der Waals surface area contributed by atoms with E-state index in [1.165, 1.54) is 18.9 Å². The van der Waals surface area contributed by atoms with Gasteiger partial charge in [-0.2, -0.15) is 0 Å². The predicted molar refractivity (Wildman–Crippen MR) is 71.2 cm³/mol. The van der Waals surface area contributed by atoms with E-state index in [2.05, 4.69) is 10.2 Å². The summed E-state index contributed by atoms with van der Waals surface area (Å²) in [6.07, 6.45) is 0.184. The molecule has 2 nitrogen and oxygen atoms in total. The van der Waals surface area contributed by atoms with Crippen LogP contribution >= 0.6 is 0 Å². The Balaban J connectivity index is 1.64. The second kappa shape index (κ2) is 5.55. The molecule has 2 heterocycles. The van der Waals surface area contributed by atoms with Gasteiger partial charge in [-0.1, -0.05) is 18.2 Å². The number of fused-ring (bicyclic) bond motifs is 1. The minimum Gasteiger partial charge on any atom is -0.312 e. The van der Waals surface area contributed by atoms with E-state index in [1.807, 2.05) is 6.07 Å². The summed E-state index contributed by atoms with van der Waals surface area (Å²) in [5.41, 5.74) is 1.13. The Morgan fingerprint density at radius 3 is 3.00 bits per heavy atom. The molecule has 19 heavy (non-hydrogen) atoms. The fourth-order valence-corrected chi connectivity index (χ4v) is 3.35. The van der Waals surface area contributed by atoms with Crippen molar-refractivity contribution in [2.24, 2.45) is 5.92 Å². The van der Waals surface area contributed by atoms with E-state index in [4.69, 9.17) is 0 Å². The van der Waals surface area contributed by atoms with Gasteiger partial charge in [-0.3, -0.25) is 4.90 Å². The number of nitrogens with zero attached hydrogens (tertiary/aromatic N) is 1. The molecule has 0 amide bonds. The summed E-state index contributed by atoms with van der Waals surface area (Å²) in [7, 11) is 0. The number of halogens is 2. The summed E-state index contributed by atoms with van der Waals surface area (Å²) in [5, 5.41) is 3.56. The highest BCUT2D eigenvalue weighted by molar-refractivity contribution is 5.24. The van der Waals surface area contributed by atoms with Crippen LogP contribution in [-0.4, -0.2) is 30.6 Å². The molecule has 2 aliphatic heterocycles. The number of likely N-dealkylation sites (tertiary alicyclic amines) is 1. The standard InChI is InChI=1S/C15H20F2N2/c16-15(17)12-4-1-3-11(7-12)8-19-9-13-5-2-6-18-14(13)10-19/h1,3-4,7,13-15,18H,2,5-6,8-10H2/t13-,14+/m0/s1. The van der Waals surface area contributed by atoms with E-state index in [9.17, 15) is 8.78 Å². The second-order valence-corrected chi connectivity index (χ2v) is 5.70. The Labute approximate surface area is 112 Å². The van der Waals surface area contributed by atoms with E-state index >= 15 is 0 Å². The molecule has 0 spiro atoms. The van der Waals surface area contributed by atoms with E-state index in [1.54, 1.807) is 12.1 Å². The summed E-state index contributed by atoms with van der Waals surface area (Å²) >= 11 is 0. The number of hydrogen-bond acceptors (Lipinski definition) is 2. The van der Waals surface area contributed by atoms with Crippen LogP contribution in [0, 0.1) is 5.92 Å². The Morgan fingerprint density at radius 1 is 1.32 bits per heavy atom. The van der Waals surface area contributed by atoms with Crippen LogP contribution in [0.3, 0.4) is 0 Å². The summed E-state index contributed by atoms with van der Waals surface area (Å²) in [5.74, 6) is 0.743. The molecule has 1 aromatic rings. The highest BCUT2D eigenvalue weighted by Gasteiger charge is 2.33. The summed E-state index contributed by atoms with van der Waals surface area (Å²) in [4.78, 5) is 2.39. The van der Waals surface area contributed by atoms with Gasteiger partial charge in [-0.15, -0.1) is 0 Å². The lowest BCUT2D eigenvalue weighted by atomic mass is 9.94. The first-order valence-electron chi connectivity index (χ1n) is 7.05. The first-order chi connectivity index (χ1) is 9.22. The monoisotopic (exact) mass is 266 g/mol. The third kappa shape index (κ3) is 2.95. The molecule has 2 atom stereocenters. The molecule has 3 rings (SSSR count). The third-order valence-corrected chi connectivity index (χ3v) is 4.28. The van der Waals surface area contributed by atoms with E-state index in [0.717, 1.165) is 37.7 Å². The molecule has 0 unspecified atom stereocenters. The second-order valence-electron chi connectivity index (χ2n) is 5.70. The minimum absolute atomic E-state index is 0.132. The van der Waals surface area contributed by atoms with Gasteiger partial charge in [0.1, 0.15) is 0 Å². The maximum absolute atomic E-state index is 12.7. The summed E-state index contributed by atoms with van der Waals surface area (Å²) < 4.78 is 25.4. The van der Waals surface area contributed by atoms with Crippen molar-refractivity contribution < 1.29 is 8.78 Å². The van der Waals surface area contributed by atoms with Crippen molar-refractivity contribution in [2.75, 3.05) is 19.6 Å². The average molecular weight is 266 g/mol. The van der Waals surface area contributed by atoms with E-state index in [0.29, 0.717) is 6.04 Å². The van der Waals surface area contributed by atoms with Crippen LogP contribution in [-0.2, 0) is 6.54 Å². The largest absolute Gasteiger partial charge is 0.312 e. The van der Waals surface area contributed by atoms with Gasteiger partial charge in [-0.25, -0.2) is 8.78 Å². The Morgan fingerprint density at radius 2 is 2.21 bits per heavy atom. The van der Waals surface area contributed by atoms with Crippen molar-refractivity contribution in [1.82, 2.24) is 10.2 Å². The van der Waals surface area contributed by atoms with Gasteiger partial charge in [0.2, 0.25) is 0 Å². The molecule has 0 saturated carbocycles. The molecule has 0 aromatic heterocycles. The maximum Gasteiger partial charge on any atom is 0.263 e. The number of benzene rings is 1. The van der Waals surface area contributed by atoms with Gasteiger partial charge < -0.3 is 5.32 Å². The molecular weight excluding hydrogens is 246 g/mol. The topological polar surface area (TPSA) is 15.3 Å². The van der Waals surface area contributed by atoms with Gasteiger partial charge in [-0.05, 0) is 36.9 Å². The van der Waals surface area contributed by atoms with Gasteiger partial charge in [0, 0.05) is 31.2 Å². The minimum atomic E-state index is -2.37. The number of piperidine rings is 1. The third-order valence-electron chi connectivity index (χ3n) is 4.28. The summed E-state index contributed by atoms with van der Waals surface area (Å²) in [6, 6.07) is 7.42. The maximum atomic E-state index is 12.7.